The molecule has 0 bridgehead atoms. The summed E-state index contributed by atoms with van der Waals surface area (Å²) in [7, 11) is 0. The molecule has 1 atom stereocenters. The lowest BCUT2D eigenvalue weighted by Gasteiger charge is -2.13. The van der Waals surface area contributed by atoms with Gasteiger partial charge in [-0.25, -0.2) is 0 Å². The van der Waals surface area contributed by atoms with E-state index in [1.807, 2.05) is 11.4 Å². The maximum absolute atomic E-state index is 10.9. The molecule has 6 heteroatoms. The number of nitrogens with one attached hydrogen (secondary N) is 1. The largest absolute Gasteiger partial charge is 0.481 e. The number of carbonyl (C=O) groups is 2. The molecular formula is C9H10BrNO3S. The number of carboxylic acid groups (broad SMARTS) is 1. The van der Waals surface area contributed by atoms with Crippen LogP contribution in [0.25, 0.3) is 0 Å². The van der Waals surface area contributed by atoms with Gasteiger partial charge in [0.1, 0.15) is 0 Å². The summed E-state index contributed by atoms with van der Waals surface area (Å²) >= 11 is 4.70. The lowest BCUT2D eigenvalue weighted by molar-refractivity contribution is -0.137. The lowest BCUT2D eigenvalue weighted by atomic mass is 10.1. The number of halogens is 1. The van der Waals surface area contributed by atoms with Gasteiger partial charge in [0.05, 0.1) is 12.5 Å². The van der Waals surface area contributed by atoms with Crippen molar-refractivity contribution in [3.63, 3.8) is 0 Å². The van der Waals surface area contributed by atoms with Gasteiger partial charge in [0, 0.05) is 21.7 Å². The van der Waals surface area contributed by atoms with Crippen LogP contribution in [0.5, 0.6) is 0 Å². The van der Waals surface area contributed by atoms with Gasteiger partial charge < -0.3 is 10.4 Å². The van der Waals surface area contributed by atoms with Gasteiger partial charge in [-0.05, 0) is 22.0 Å². The van der Waals surface area contributed by atoms with Gasteiger partial charge in [0.2, 0.25) is 5.91 Å². The minimum absolute atomic E-state index is 0.105. The third-order valence-corrected chi connectivity index (χ3v) is 3.49. The first-order valence-corrected chi connectivity index (χ1v) is 5.89. The second-order valence-corrected chi connectivity index (χ2v) is 4.88. The summed E-state index contributed by atoms with van der Waals surface area (Å²) in [5.74, 6) is -1.16. The van der Waals surface area contributed by atoms with Crippen LogP contribution < -0.4 is 5.32 Å². The van der Waals surface area contributed by atoms with E-state index in [0.717, 1.165) is 9.35 Å². The number of aliphatic carboxylic acids is 1. The Kier molecular flexibility index (Phi) is 4.28. The molecule has 0 aliphatic carbocycles. The van der Waals surface area contributed by atoms with Crippen LogP contribution in [-0.4, -0.2) is 17.0 Å². The quantitative estimate of drug-likeness (QED) is 0.893. The third-order valence-electron chi connectivity index (χ3n) is 1.69. The first kappa shape index (κ1) is 12.2. The van der Waals surface area contributed by atoms with Crippen molar-refractivity contribution in [2.75, 3.05) is 0 Å². The van der Waals surface area contributed by atoms with Gasteiger partial charge in [-0.1, -0.05) is 0 Å². The van der Waals surface area contributed by atoms with Gasteiger partial charge >= 0.3 is 5.97 Å². The zero-order valence-electron chi connectivity index (χ0n) is 7.99. The Morgan fingerprint density at radius 2 is 2.33 bits per heavy atom. The molecule has 0 saturated carbocycles. The van der Waals surface area contributed by atoms with Crippen LogP contribution in [0.3, 0.4) is 0 Å². The van der Waals surface area contributed by atoms with Crippen LogP contribution in [0.15, 0.2) is 15.9 Å². The van der Waals surface area contributed by atoms with Gasteiger partial charge in [-0.2, -0.15) is 0 Å². The maximum Gasteiger partial charge on any atom is 0.305 e. The Labute approximate surface area is 99.4 Å². The van der Waals surface area contributed by atoms with E-state index in [1.165, 1.54) is 18.3 Å². The smallest absolute Gasteiger partial charge is 0.305 e. The van der Waals surface area contributed by atoms with E-state index >= 15 is 0 Å². The summed E-state index contributed by atoms with van der Waals surface area (Å²) in [6, 6.07) is 1.37. The molecule has 1 aromatic rings. The number of thiophene rings is 1. The molecule has 1 unspecified atom stereocenters. The monoisotopic (exact) mass is 291 g/mol. The van der Waals surface area contributed by atoms with Crippen LogP contribution in [0, 0.1) is 0 Å². The summed E-state index contributed by atoms with van der Waals surface area (Å²) in [6.07, 6.45) is -0.105. The average Bonchev–Trinajstić information content (AvgIpc) is 2.48. The average molecular weight is 292 g/mol. The Hall–Kier alpha value is -0.880. The van der Waals surface area contributed by atoms with Crippen LogP contribution in [-0.2, 0) is 9.59 Å². The molecule has 1 rings (SSSR count). The summed E-state index contributed by atoms with van der Waals surface area (Å²) in [6.45, 7) is 1.37. The molecule has 1 amide bonds. The molecule has 2 N–H and O–H groups in total. The highest BCUT2D eigenvalue weighted by Crippen LogP contribution is 2.27. The van der Waals surface area contributed by atoms with E-state index in [2.05, 4.69) is 21.2 Å². The van der Waals surface area contributed by atoms with Crippen molar-refractivity contribution in [2.45, 2.75) is 19.4 Å². The molecule has 0 aromatic carbocycles. The van der Waals surface area contributed by atoms with E-state index in [1.54, 1.807) is 0 Å². The first-order chi connectivity index (χ1) is 6.99. The second kappa shape index (κ2) is 5.27. The summed E-state index contributed by atoms with van der Waals surface area (Å²) in [4.78, 5) is 22.4. The van der Waals surface area contributed by atoms with Crippen LogP contribution in [0.1, 0.15) is 24.3 Å². The molecular weight excluding hydrogens is 282 g/mol. The van der Waals surface area contributed by atoms with Crippen LogP contribution in [0.4, 0.5) is 0 Å². The molecule has 15 heavy (non-hydrogen) atoms. The molecule has 0 aliphatic heterocycles. The summed E-state index contributed by atoms with van der Waals surface area (Å²) in [5.41, 5.74) is 0. The number of rotatable bonds is 4. The van der Waals surface area contributed by atoms with Crippen LogP contribution in [0.2, 0.25) is 0 Å². The molecule has 82 valence electrons. The number of amides is 1. The Balaban J connectivity index is 2.80. The Morgan fingerprint density at radius 1 is 1.67 bits per heavy atom. The van der Waals surface area contributed by atoms with E-state index in [-0.39, 0.29) is 12.3 Å². The molecule has 1 aromatic heterocycles. The molecule has 0 radical (unpaired) electrons. The molecule has 0 spiro atoms. The van der Waals surface area contributed by atoms with Crippen molar-refractivity contribution in [1.29, 1.82) is 0 Å². The first-order valence-electron chi connectivity index (χ1n) is 4.22. The number of carboxylic acids is 1. The van der Waals surface area contributed by atoms with E-state index in [4.69, 9.17) is 5.11 Å². The highest BCUT2D eigenvalue weighted by atomic mass is 79.9. The standard InChI is InChI=1S/C9H10BrNO3S/c1-5(12)11-7(3-9(13)14)8-2-6(10)4-15-8/h2,4,7H,3H2,1H3,(H,11,12)(H,13,14). The predicted octanol–water partition coefficient (Wildman–Crippen LogP) is 2.16. The molecule has 0 saturated heterocycles. The Morgan fingerprint density at radius 3 is 2.73 bits per heavy atom. The highest BCUT2D eigenvalue weighted by molar-refractivity contribution is 9.10. The molecule has 0 aliphatic rings. The normalized spacial score (nSPS) is 12.1. The molecule has 0 fully saturated rings. The third kappa shape index (κ3) is 4.01. The minimum atomic E-state index is -0.932. The van der Waals surface area contributed by atoms with Crippen molar-refractivity contribution < 1.29 is 14.7 Å². The summed E-state index contributed by atoms with van der Waals surface area (Å²) < 4.78 is 0.892. The minimum Gasteiger partial charge on any atom is -0.481 e. The SMILES string of the molecule is CC(=O)NC(CC(=O)O)c1cc(Br)cs1. The van der Waals surface area contributed by atoms with Gasteiger partial charge in [-0.15, -0.1) is 11.3 Å². The number of hydrogen-bond donors (Lipinski definition) is 2. The fourth-order valence-electron chi connectivity index (χ4n) is 1.15. The van der Waals surface area contributed by atoms with E-state index in [0.29, 0.717) is 0 Å². The zero-order chi connectivity index (χ0) is 11.4. The zero-order valence-corrected chi connectivity index (χ0v) is 10.4. The molecule has 1 heterocycles. The second-order valence-electron chi connectivity index (χ2n) is 3.02. The van der Waals surface area contributed by atoms with E-state index in [9.17, 15) is 9.59 Å². The van der Waals surface area contributed by atoms with Gasteiger partial charge in [-0.3, -0.25) is 9.59 Å². The topological polar surface area (TPSA) is 66.4 Å². The fourth-order valence-corrected chi connectivity index (χ4v) is 2.65. The number of carbonyl (C=O) groups excluding carboxylic acids is 1. The van der Waals surface area contributed by atoms with Crippen molar-refractivity contribution in [1.82, 2.24) is 5.32 Å². The van der Waals surface area contributed by atoms with Gasteiger partial charge in [0.25, 0.3) is 0 Å². The fraction of sp³-hybridized carbons (Fsp3) is 0.333. The lowest BCUT2D eigenvalue weighted by Crippen LogP contribution is -2.27. The van der Waals surface area contributed by atoms with Crippen molar-refractivity contribution >= 4 is 39.1 Å². The number of hydrogen-bond acceptors (Lipinski definition) is 3. The maximum atomic E-state index is 10.9. The van der Waals surface area contributed by atoms with Crippen molar-refractivity contribution in [3.8, 4) is 0 Å². The highest BCUT2D eigenvalue weighted by Gasteiger charge is 2.17. The summed E-state index contributed by atoms with van der Waals surface area (Å²) in [5, 5.41) is 13.2. The van der Waals surface area contributed by atoms with E-state index < -0.39 is 12.0 Å². The van der Waals surface area contributed by atoms with Gasteiger partial charge in [0.15, 0.2) is 0 Å². The molecule has 4 nitrogen and oxygen atoms in total. The van der Waals surface area contributed by atoms with Crippen molar-refractivity contribution in [3.05, 3.63) is 20.8 Å². The van der Waals surface area contributed by atoms with Crippen LogP contribution >= 0.6 is 27.3 Å². The Bertz CT molecular complexity index is 361. The predicted molar refractivity (Wildman–Crippen MR) is 60.8 cm³/mol. The van der Waals surface area contributed by atoms with Crippen molar-refractivity contribution in [2.24, 2.45) is 0 Å².